The number of halogens is 2. The second-order valence-electron chi connectivity index (χ2n) is 6.21. The Hall–Kier alpha value is -1.98. The number of fused-ring (bicyclic) bond motifs is 1. The molecule has 2 aliphatic rings. The van der Waals surface area contributed by atoms with E-state index in [0.29, 0.717) is 28.7 Å². The van der Waals surface area contributed by atoms with Crippen molar-refractivity contribution in [3.63, 3.8) is 0 Å². The van der Waals surface area contributed by atoms with Gasteiger partial charge in [0.1, 0.15) is 5.82 Å². The van der Waals surface area contributed by atoms with Crippen molar-refractivity contribution in [2.24, 2.45) is 5.92 Å². The van der Waals surface area contributed by atoms with E-state index in [2.05, 4.69) is 10.3 Å². The van der Waals surface area contributed by atoms with Crippen LogP contribution >= 0.6 is 12.4 Å². The molecular formula is C18H19ClFN3O. The first-order chi connectivity index (χ1) is 11.2. The largest absolute Gasteiger partial charge is 0.334 e. The minimum absolute atomic E-state index is 0. The van der Waals surface area contributed by atoms with Gasteiger partial charge in [0.25, 0.3) is 5.91 Å². The van der Waals surface area contributed by atoms with Gasteiger partial charge in [-0.1, -0.05) is 12.1 Å². The summed E-state index contributed by atoms with van der Waals surface area (Å²) in [6, 6.07) is 9.13. The van der Waals surface area contributed by atoms with Gasteiger partial charge in [0.15, 0.2) is 0 Å². The predicted octanol–water partition coefficient (Wildman–Crippen LogP) is 2.74. The number of rotatable bonds is 2. The van der Waals surface area contributed by atoms with E-state index < -0.39 is 0 Å². The van der Waals surface area contributed by atoms with E-state index in [1.54, 1.807) is 24.4 Å². The number of hydrogen-bond acceptors (Lipinski definition) is 3. The molecule has 0 radical (unpaired) electrons. The average Bonchev–Trinajstić information content (AvgIpc) is 3.18. The highest BCUT2D eigenvalue weighted by Gasteiger charge is 2.40. The summed E-state index contributed by atoms with van der Waals surface area (Å²) < 4.78 is 13.9. The molecule has 24 heavy (non-hydrogen) atoms. The van der Waals surface area contributed by atoms with E-state index in [1.165, 1.54) is 6.20 Å². The summed E-state index contributed by atoms with van der Waals surface area (Å²) in [6.07, 6.45) is 3.81. The minimum atomic E-state index is -0.377. The highest BCUT2D eigenvalue weighted by Crippen LogP contribution is 2.29. The molecule has 0 bridgehead atoms. The molecule has 0 spiro atoms. The molecule has 1 amide bonds. The van der Waals surface area contributed by atoms with Crippen LogP contribution in [-0.4, -0.2) is 41.5 Å². The van der Waals surface area contributed by atoms with Gasteiger partial charge in [-0.15, -0.1) is 12.4 Å². The van der Waals surface area contributed by atoms with E-state index in [9.17, 15) is 9.18 Å². The van der Waals surface area contributed by atoms with Crippen LogP contribution in [0.15, 0.2) is 42.7 Å². The van der Waals surface area contributed by atoms with Crippen molar-refractivity contribution < 1.29 is 9.18 Å². The maximum atomic E-state index is 13.9. The van der Waals surface area contributed by atoms with Crippen LogP contribution in [0.1, 0.15) is 16.8 Å². The molecule has 2 aliphatic heterocycles. The van der Waals surface area contributed by atoms with Crippen molar-refractivity contribution in [2.45, 2.75) is 12.5 Å². The molecule has 2 fully saturated rings. The van der Waals surface area contributed by atoms with Gasteiger partial charge in [0, 0.05) is 43.0 Å². The first-order valence-electron chi connectivity index (χ1n) is 7.95. The normalized spacial score (nSPS) is 22.1. The molecule has 0 unspecified atom stereocenters. The fourth-order valence-corrected chi connectivity index (χ4v) is 3.70. The van der Waals surface area contributed by atoms with Gasteiger partial charge >= 0.3 is 0 Å². The van der Waals surface area contributed by atoms with Crippen LogP contribution in [0.4, 0.5) is 4.39 Å². The van der Waals surface area contributed by atoms with Crippen LogP contribution in [0.2, 0.25) is 0 Å². The summed E-state index contributed by atoms with van der Waals surface area (Å²) in [4.78, 5) is 18.6. The number of carbonyl (C=O) groups is 1. The lowest BCUT2D eigenvalue weighted by Gasteiger charge is -2.23. The third-order valence-corrected chi connectivity index (χ3v) is 4.90. The van der Waals surface area contributed by atoms with Crippen molar-refractivity contribution in [1.29, 1.82) is 0 Å². The zero-order valence-corrected chi connectivity index (χ0v) is 13.9. The predicted molar refractivity (Wildman–Crippen MR) is 92.7 cm³/mol. The maximum Gasteiger partial charge on any atom is 0.254 e. The summed E-state index contributed by atoms with van der Waals surface area (Å²) in [5, 5.41) is 3.35. The number of amides is 1. The third-order valence-electron chi connectivity index (χ3n) is 4.90. The van der Waals surface area contributed by atoms with E-state index in [0.717, 1.165) is 26.1 Å². The quantitative estimate of drug-likeness (QED) is 0.908. The first kappa shape index (κ1) is 16.9. The number of hydrogen-bond donors (Lipinski definition) is 1. The van der Waals surface area contributed by atoms with Crippen molar-refractivity contribution in [3.8, 4) is 11.1 Å². The lowest BCUT2D eigenvalue weighted by molar-refractivity contribution is 0.0737. The van der Waals surface area contributed by atoms with Crippen LogP contribution in [0.3, 0.4) is 0 Å². The Kier molecular flexibility index (Phi) is 4.83. The zero-order chi connectivity index (χ0) is 15.8. The van der Waals surface area contributed by atoms with E-state index >= 15 is 0 Å². The highest BCUT2D eigenvalue weighted by molar-refractivity contribution is 5.96. The van der Waals surface area contributed by atoms with Crippen LogP contribution in [0.5, 0.6) is 0 Å². The van der Waals surface area contributed by atoms with E-state index in [4.69, 9.17) is 0 Å². The van der Waals surface area contributed by atoms with Crippen LogP contribution in [0, 0.1) is 11.7 Å². The Bertz CT molecular complexity index is 755. The summed E-state index contributed by atoms with van der Waals surface area (Å²) in [5.74, 6) is 0.232. The lowest BCUT2D eigenvalue weighted by atomic mass is 10.0. The standard InChI is InChI=1S/C18H18FN3O.ClH/c19-16-10-20-6-4-15(16)12-2-1-3-13(8-12)18(23)22-7-5-14-9-21-11-17(14)22;/h1-4,6,8,10,14,17,21H,5,7,9,11H2;1H/t14-,17+;/m0./s1. The number of nitrogens with one attached hydrogen (secondary N) is 1. The van der Waals surface area contributed by atoms with Gasteiger partial charge in [0.2, 0.25) is 0 Å². The van der Waals surface area contributed by atoms with Crippen LogP contribution in [-0.2, 0) is 0 Å². The third kappa shape index (κ3) is 2.89. The number of pyridine rings is 1. The van der Waals surface area contributed by atoms with E-state index in [1.807, 2.05) is 17.0 Å². The molecule has 2 atom stereocenters. The Balaban J connectivity index is 0.00000169. The first-order valence-corrected chi connectivity index (χ1v) is 7.95. The lowest BCUT2D eigenvalue weighted by Crippen LogP contribution is -2.39. The van der Waals surface area contributed by atoms with E-state index in [-0.39, 0.29) is 24.1 Å². The molecule has 4 rings (SSSR count). The number of aromatic nitrogens is 1. The Morgan fingerprint density at radius 3 is 3.00 bits per heavy atom. The minimum Gasteiger partial charge on any atom is -0.334 e. The van der Waals surface area contributed by atoms with Gasteiger partial charge < -0.3 is 10.2 Å². The second-order valence-corrected chi connectivity index (χ2v) is 6.21. The number of likely N-dealkylation sites (tertiary alicyclic amines) is 1. The van der Waals surface area contributed by atoms with Gasteiger partial charge in [-0.05, 0) is 36.1 Å². The molecule has 2 saturated heterocycles. The summed E-state index contributed by atoms with van der Waals surface area (Å²) in [5.41, 5.74) is 1.79. The van der Waals surface area contributed by atoms with Gasteiger partial charge in [0.05, 0.1) is 6.20 Å². The molecule has 1 aromatic carbocycles. The molecular weight excluding hydrogens is 329 g/mol. The molecule has 0 saturated carbocycles. The number of nitrogens with zero attached hydrogens (tertiary/aromatic N) is 2. The Labute approximate surface area is 146 Å². The second kappa shape index (κ2) is 6.87. The highest BCUT2D eigenvalue weighted by atomic mass is 35.5. The average molecular weight is 348 g/mol. The summed E-state index contributed by atoms with van der Waals surface area (Å²) in [7, 11) is 0. The SMILES string of the molecule is Cl.O=C(c1cccc(-c2ccncc2F)c1)N1CC[C@H]2CNC[C@H]21. The van der Waals surface area contributed by atoms with Gasteiger partial charge in [-0.3, -0.25) is 9.78 Å². The monoisotopic (exact) mass is 347 g/mol. The zero-order valence-electron chi connectivity index (χ0n) is 13.1. The molecule has 2 aromatic rings. The smallest absolute Gasteiger partial charge is 0.254 e. The maximum absolute atomic E-state index is 13.9. The molecule has 0 aliphatic carbocycles. The van der Waals surface area contributed by atoms with Gasteiger partial charge in [-0.25, -0.2) is 4.39 Å². The topological polar surface area (TPSA) is 45.2 Å². The van der Waals surface area contributed by atoms with Crippen LogP contribution < -0.4 is 5.32 Å². The summed E-state index contributed by atoms with van der Waals surface area (Å²) >= 11 is 0. The number of benzene rings is 1. The summed E-state index contributed by atoms with van der Waals surface area (Å²) in [6.45, 7) is 2.68. The van der Waals surface area contributed by atoms with Crippen molar-refractivity contribution in [2.75, 3.05) is 19.6 Å². The molecule has 3 heterocycles. The van der Waals surface area contributed by atoms with Crippen molar-refractivity contribution in [1.82, 2.24) is 15.2 Å². The molecule has 1 N–H and O–H groups in total. The Morgan fingerprint density at radius 1 is 1.29 bits per heavy atom. The fraction of sp³-hybridized carbons (Fsp3) is 0.333. The molecule has 126 valence electrons. The van der Waals surface area contributed by atoms with Crippen molar-refractivity contribution >= 4 is 18.3 Å². The fourth-order valence-electron chi connectivity index (χ4n) is 3.70. The van der Waals surface area contributed by atoms with Gasteiger partial charge in [-0.2, -0.15) is 0 Å². The molecule has 4 nitrogen and oxygen atoms in total. The molecule has 6 heteroatoms. The van der Waals surface area contributed by atoms with Crippen molar-refractivity contribution in [3.05, 3.63) is 54.1 Å². The van der Waals surface area contributed by atoms with Crippen LogP contribution in [0.25, 0.3) is 11.1 Å². The Morgan fingerprint density at radius 2 is 2.17 bits per heavy atom. The molecule has 1 aromatic heterocycles. The number of carbonyl (C=O) groups excluding carboxylic acids is 1.